The number of hydrogen-bond acceptors (Lipinski definition) is 8. The second kappa shape index (κ2) is 6.83. The van der Waals surface area contributed by atoms with E-state index in [1.165, 1.54) is 18.3 Å². The molecule has 0 saturated carbocycles. The van der Waals surface area contributed by atoms with E-state index in [-0.39, 0.29) is 11.8 Å². The Morgan fingerprint density at radius 2 is 1.75 bits per heavy atom. The van der Waals surface area contributed by atoms with Crippen molar-refractivity contribution in [2.75, 3.05) is 5.01 Å². The largest absolute Gasteiger partial charge is 0.573 e. The second-order valence-corrected chi connectivity index (χ2v) is 7.49. The number of benzene rings is 1. The van der Waals surface area contributed by atoms with Gasteiger partial charge in [0, 0.05) is 11.4 Å². The topological polar surface area (TPSA) is 114 Å². The molecule has 3 N–H and O–H groups in total. The quantitative estimate of drug-likeness (QED) is 0.774. The minimum Gasteiger partial charge on any atom is -0.404 e. The Labute approximate surface area is 158 Å². The number of nitrogens with zero attached hydrogens (tertiary/aromatic N) is 4. The number of aromatic nitrogens is 2. The molecule has 0 radical (unpaired) electrons. The zero-order chi connectivity index (χ0) is 20.7. The van der Waals surface area contributed by atoms with Gasteiger partial charge in [0.2, 0.25) is 5.95 Å². The van der Waals surface area contributed by atoms with E-state index in [0.717, 1.165) is 17.1 Å². The second-order valence-electron chi connectivity index (χ2n) is 5.74. The Kier molecular flexibility index (Phi) is 4.81. The van der Waals surface area contributed by atoms with Crippen molar-refractivity contribution in [3.05, 3.63) is 53.7 Å². The minimum absolute atomic E-state index is 0.109. The molecule has 0 amide bonds. The third-order valence-corrected chi connectivity index (χ3v) is 5.14. The Morgan fingerprint density at radius 3 is 2.36 bits per heavy atom. The fourth-order valence-electron chi connectivity index (χ4n) is 2.45. The maximum Gasteiger partial charge on any atom is 0.573 e. The average Bonchev–Trinajstić information content (AvgIpc) is 2.95. The van der Waals surface area contributed by atoms with Gasteiger partial charge in [-0.1, -0.05) is 12.1 Å². The Hall–Kier alpha value is -3.06. The van der Waals surface area contributed by atoms with Crippen LogP contribution in [0.3, 0.4) is 0 Å². The van der Waals surface area contributed by atoms with E-state index in [1.807, 2.05) is 0 Å². The number of rotatable bonds is 4. The predicted molar refractivity (Wildman–Crippen MR) is 91.5 cm³/mol. The number of halogens is 3. The van der Waals surface area contributed by atoms with Crippen LogP contribution in [0.4, 0.5) is 19.1 Å². The number of ether oxygens (including phenoxy) is 1. The van der Waals surface area contributed by atoms with Gasteiger partial charge in [-0.05, 0) is 32.0 Å². The van der Waals surface area contributed by atoms with Crippen molar-refractivity contribution in [1.29, 1.82) is 0 Å². The van der Waals surface area contributed by atoms with Gasteiger partial charge in [0.25, 0.3) is 10.0 Å². The summed E-state index contributed by atoms with van der Waals surface area (Å²) in [6.07, 6.45) is -3.87. The molecule has 0 fully saturated rings. The van der Waals surface area contributed by atoms with Crippen molar-refractivity contribution in [3.63, 3.8) is 0 Å². The van der Waals surface area contributed by atoms with Crippen LogP contribution < -0.4 is 21.0 Å². The van der Waals surface area contributed by atoms with Crippen LogP contribution in [0, 0.1) is 13.8 Å². The maximum atomic E-state index is 12.9. The third kappa shape index (κ3) is 3.94. The molecule has 0 aliphatic carbocycles. The predicted octanol–water partition coefficient (Wildman–Crippen LogP) is 1.68. The van der Waals surface area contributed by atoms with Crippen molar-refractivity contribution in [3.8, 4) is 5.75 Å². The highest BCUT2D eigenvalue weighted by molar-refractivity contribution is 7.89. The summed E-state index contributed by atoms with van der Waals surface area (Å²) < 4.78 is 68.0. The molecule has 2 aromatic rings. The lowest BCUT2D eigenvalue weighted by Crippen LogP contribution is -2.46. The van der Waals surface area contributed by atoms with E-state index in [1.54, 1.807) is 19.9 Å². The van der Waals surface area contributed by atoms with Crippen LogP contribution >= 0.6 is 0 Å². The first-order chi connectivity index (χ1) is 13.0. The molecular weight excluding hydrogens is 401 g/mol. The molecule has 0 atom stereocenters. The van der Waals surface area contributed by atoms with E-state index in [9.17, 15) is 21.6 Å². The Morgan fingerprint density at radius 1 is 1.14 bits per heavy atom. The first-order valence-electron chi connectivity index (χ1n) is 7.72. The van der Waals surface area contributed by atoms with Crippen molar-refractivity contribution >= 4 is 16.0 Å². The fraction of sp³-hybridized carbons (Fsp3) is 0.200. The smallest absolute Gasteiger partial charge is 0.404 e. The molecule has 1 aromatic carbocycles. The summed E-state index contributed by atoms with van der Waals surface area (Å²) in [5.41, 5.74) is 9.46. The zero-order valence-electron chi connectivity index (χ0n) is 14.6. The van der Waals surface area contributed by atoms with Gasteiger partial charge >= 0.3 is 6.36 Å². The molecule has 3 rings (SSSR count). The summed E-state index contributed by atoms with van der Waals surface area (Å²) in [6.45, 7) is 3.45. The number of alkyl halides is 3. The summed E-state index contributed by atoms with van der Waals surface area (Å²) in [7, 11) is -4.55. The molecule has 1 aliphatic heterocycles. The van der Waals surface area contributed by atoms with Crippen molar-refractivity contribution in [2.24, 2.45) is 5.73 Å². The van der Waals surface area contributed by atoms with Gasteiger partial charge in [-0.25, -0.2) is 15.0 Å². The monoisotopic (exact) mass is 416 g/mol. The van der Waals surface area contributed by atoms with Crippen molar-refractivity contribution in [2.45, 2.75) is 25.1 Å². The van der Waals surface area contributed by atoms with Crippen LogP contribution in [0.25, 0.3) is 0 Å². The molecule has 9 nitrogen and oxygen atoms in total. The minimum atomic E-state index is -5.07. The molecule has 28 heavy (non-hydrogen) atoms. The number of nitrogens with two attached hydrogens (primary N) is 1. The zero-order valence-corrected chi connectivity index (χ0v) is 15.4. The number of para-hydroxylation sites is 1. The Bertz CT molecular complexity index is 1020. The van der Waals surface area contributed by atoms with Crippen molar-refractivity contribution < 1.29 is 26.3 Å². The van der Waals surface area contributed by atoms with Crippen LogP contribution in [-0.2, 0) is 10.0 Å². The molecule has 1 aliphatic rings. The van der Waals surface area contributed by atoms with Gasteiger partial charge in [0.05, 0.1) is 6.20 Å². The molecule has 0 saturated heterocycles. The van der Waals surface area contributed by atoms with Gasteiger partial charge in [-0.15, -0.1) is 18.7 Å². The standard InChI is InChI=1S/C15H15F3N6O3S/c1-9-7-10(2)21-14(20-9)23-8-13(19)24(22-23)28(25,26)12-6-4-3-5-11(12)27-15(16,17)18/h3-8,22H,19H2,1-2H3. The molecule has 2 heterocycles. The van der Waals surface area contributed by atoms with Gasteiger partial charge in [0.15, 0.2) is 0 Å². The first-order valence-corrected chi connectivity index (χ1v) is 9.16. The normalized spacial score (nSPS) is 15.0. The number of nitrogens with one attached hydrogen (secondary N) is 1. The molecule has 0 bridgehead atoms. The van der Waals surface area contributed by atoms with Crippen LogP contribution in [0.5, 0.6) is 5.75 Å². The summed E-state index contributed by atoms with van der Waals surface area (Å²) >= 11 is 0. The van der Waals surface area contributed by atoms with E-state index >= 15 is 0 Å². The number of anilines is 1. The highest BCUT2D eigenvalue weighted by atomic mass is 32.2. The highest BCUT2D eigenvalue weighted by Crippen LogP contribution is 2.32. The highest BCUT2D eigenvalue weighted by Gasteiger charge is 2.38. The first kappa shape index (κ1) is 19.7. The van der Waals surface area contributed by atoms with Gasteiger partial charge in [-0.3, -0.25) is 0 Å². The van der Waals surface area contributed by atoms with Crippen LogP contribution in [0.15, 0.2) is 47.2 Å². The molecular formula is C15H15F3N6O3S. The molecule has 0 unspecified atom stereocenters. The summed E-state index contributed by atoms with van der Waals surface area (Å²) in [5, 5.41) is 1.14. The average molecular weight is 416 g/mol. The SMILES string of the molecule is Cc1cc(C)nc(N2C=C(N)N(S(=O)(=O)c3ccccc3OC(F)(F)F)N2)n1. The van der Waals surface area contributed by atoms with Crippen molar-refractivity contribution in [1.82, 2.24) is 19.9 Å². The van der Waals surface area contributed by atoms with Crippen LogP contribution in [-0.4, -0.2) is 29.2 Å². The molecule has 1 aromatic heterocycles. The number of sulfonamides is 1. The lowest BCUT2D eigenvalue weighted by molar-refractivity contribution is -0.275. The molecule has 0 spiro atoms. The van der Waals surface area contributed by atoms with E-state index in [0.29, 0.717) is 15.8 Å². The summed E-state index contributed by atoms with van der Waals surface area (Å²) in [4.78, 5) is 7.60. The number of hydrogen-bond donors (Lipinski definition) is 2. The van der Waals surface area contributed by atoms with Gasteiger partial charge < -0.3 is 10.5 Å². The maximum absolute atomic E-state index is 12.9. The van der Waals surface area contributed by atoms with E-state index in [4.69, 9.17) is 5.73 Å². The van der Waals surface area contributed by atoms with E-state index in [2.05, 4.69) is 20.2 Å². The molecule has 13 heteroatoms. The number of hydrazine groups is 2. The summed E-state index contributed by atoms with van der Waals surface area (Å²) in [5.74, 6) is -1.08. The third-order valence-electron chi connectivity index (χ3n) is 3.47. The fourth-order valence-corrected chi connectivity index (χ4v) is 3.78. The Balaban J connectivity index is 1.95. The summed E-state index contributed by atoms with van der Waals surface area (Å²) in [6, 6.07) is 6.05. The van der Waals surface area contributed by atoms with Crippen LogP contribution in [0.2, 0.25) is 0 Å². The van der Waals surface area contributed by atoms with Gasteiger partial charge in [-0.2, -0.15) is 12.8 Å². The van der Waals surface area contributed by atoms with Crippen LogP contribution in [0.1, 0.15) is 11.4 Å². The number of aryl methyl sites for hydroxylation is 2. The lowest BCUT2D eigenvalue weighted by Gasteiger charge is -2.23. The van der Waals surface area contributed by atoms with Gasteiger partial charge in [0.1, 0.15) is 16.5 Å². The molecule has 150 valence electrons. The van der Waals surface area contributed by atoms with E-state index < -0.39 is 27.0 Å². The lowest BCUT2D eigenvalue weighted by atomic mass is 10.3.